The van der Waals surface area contributed by atoms with Crippen molar-refractivity contribution in [2.75, 3.05) is 0 Å². The number of nitrogens with two attached hydrogens (primary N) is 1. The Kier molecular flexibility index (Phi) is 6.03. The third kappa shape index (κ3) is 5.12. The fourth-order valence-electron chi connectivity index (χ4n) is 2.51. The maximum absolute atomic E-state index is 12.5. The molecule has 0 saturated carbocycles. The lowest BCUT2D eigenvalue weighted by molar-refractivity contribution is 0.0981. The maximum Gasteiger partial charge on any atom is 0.265 e. The molecule has 0 fully saturated rings. The van der Waals surface area contributed by atoms with Crippen LogP contribution in [0, 0.1) is 11.8 Å². The van der Waals surface area contributed by atoms with Gasteiger partial charge in [-0.3, -0.25) is 4.79 Å². The van der Waals surface area contributed by atoms with Gasteiger partial charge in [-0.1, -0.05) is 42.2 Å². The third-order valence-electron chi connectivity index (χ3n) is 3.94. The lowest BCUT2D eigenvalue weighted by Gasteiger charge is -2.10. The van der Waals surface area contributed by atoms with Crippen LogP contribution in [0.5, 0.6) is 0 Å². The van der Waals surface area contributed by atoms with E-state index < -0.39 is 35.7 Å². The monoisotopic (exact) mass is 442 g/mol. The first-order chi connectivity index (χ1) is 14.2. The summed E-state index contributed by atoms with van der Waals surface area (Å²) < 4.78 is 50.2. The van der Waals surface area contributed by atoms with Gasteiger partial charge in [0.05, 0.1) is 0 Å². The van der Waals surface area contributed by atoms with E-state index in [2.05, 4.69) is 11.8 Å². The van der Waals surface area contributed by atoms with Crippen LogP contribution < -0.4 is 9.86 Å². The normalized spacial score (nSPS) is 11.2. The SMILES string of the molecule is NS(=O)(=O)c1ccccc1S(=O)(=O)N[14C](=O)c1ccc(C#Cc2ccccc2)cc1. The Morgan fingerprint density at radius 1 is 0.700 bits per heavy atom. The van der Waals surface area contributed by atoms with Crippen LogP contribution in [-0.2, 0) is 20.0 Å². The molecule has 0 bridgehead atoms. The lowest BCUT2D eigenvalue weighted by Crippen LogP contribution is -2.32. The van der Waals surface area contributed by atoms with Gasteiger partial charge >= 0.3 is 0 Å². The second-order valence-corrected chi connectivity index (χ2v) is 9.30. The molecule has 1 amide bonds. The molecule has 3 rings (SSSR count). The van der Waals surface area contributed by atoms with E-state index in [1.54, 1.807) is 12.1 Å². The van der Waals surface area contributed by atoms with Gasteiger partial charge in [-0.2, -0.15) is 0 Å². The zero-order chi connectivity index (χ0) is 21.8. The zero-order valence-corrected chi connectivity index (χ0v) is 17.1. The Morgan fingerprint density at radius 2 is 1.20 bits per heavy atom. The molecule has 0 aliphatic carbocycles. The second-order valence-electron chi connectivity index (χ2n) is 6.12. The molecule has 0 aromatic heterocycles. The predicted molar refractivity (Wildman–Crippen MR) is 111 cm³/mol. The first kappa shape index (κ1) is 21.3. The second kappa shape index (κ2) is 8.51. The average Bonchev–Trinajstić information content (AvgIpc) is 2.72. The van der Waals surface area contributed by atoms with E-state index in [-0.39, 0.29) is 5.56 Å². The van der Waals surface area contributed by atoms with Crippen LogP contribution in [0.4, 0.5) is 0 Å². The highest BCUT2D eigenvalue weighted by Gasteiger charge is 2.26. The van der Waals surface area contributed by atoms with Gasteiger partial charge in [-0.05, 0) is 48.5 Å². The first-order valence-electron chi connectivity index (χ1n) is 8.53. The molecule has 0 spiro atoms. The van der Waals surface area contributed by atoms with Crippen LogP contribution in [0.15, 0.2) is 88.7 Å². The van der Waals surface area contributed by atoms with E-state index in [4.69, 9.17) is 5.14 Å². The minimum Gasteiger partial charge on any atom is -0.268 e. The maximum atomic E-state index is 12.5. The van der Waals surface area contributed by atoms with Crippen molar-refractivity contribution in [3.05, 3.63) is 95.6 Å². The lowest BCUT2D eigenvalue weighted by atomic mass is 10.2. The van der Waals surface area contributed by atoms with Crippen LogP contribution in [0.25, 0.3) is 0 Å². The molecule has 0 radical (unpaired) electrons. The van der Waals surface area contributed by atoms with E-state index in [1.165, 1.54) is 24.3 Å². The Hall–Kier alpha value is -3.45. The molecule has 0 aliphatic rings. The van der Waals surface area contributed by atoms with Crippen molar-refractivity contribution in [3.63, 3.8) is 0 Å². The number of primary sulfonamides is 1. The highest BCUT2D eigenvalue weighted by atomic mass is 32.2. The molecule has 152 valence electrons. The number of carbonyl (C=O) groups is 1. The number of carbonyl (C=O) groups excluding carboxylic acids is 1. The summed E-state index contributed by atoms with van der Waals surface area (Å²) in [6.07, 6.45) is 0. The Balaban J connectivity index is 1.81. The molecular weight excluding hydrogens is 426 g/mol. The van der Waals surface area contributed by atoms with Crippen molar-refractivity contribution in [1.29, 1.82) is 0 Å². The highest BCUT2D eigenvalue weighted by Crippen LogP contribution is 2.19. The van der Waals surface area contributed by atoms with E-state index in [1.807, 2.05) is 35.1 Å². The summed E-state index contributed by atoms with van der Waals surface area (Å²) in [5.41, 5.74) is 1.54. The van der Waals surface area contributed by atoms with Gasteiger partial charge in [-0.25, -0.2) is 26.7 Å². The fraction of sp³-hybridized carbons (Fsp3) is 0. The molecule has 3 aromatic carbocycles. The largest absolute Gasteiger partial charge is 0.268 e. The number of nitrogens with one attached hydrogen (secondary N) is 1. The van der Waals surface area contributed by atoms with Crippen molar-refractivity contribution in [1.82, 2.24) is 4.72 Å². The Morgan fingerprint density at radius 3 is 1.77 bits per heavy atom. The van der Waals surface area contributed by atoms with Gasteiger partial charge in [0.2, 0.25) is 10.0 Å². The predicted octanol–water partition coefficient (Wildman–Crippen LogP) is 1.85. The number of hydrogen-bond donors (Lipinski definition) is 2. The minimum absolute atomic E-state index is 0.0666. The number of sulfonamides is 2. The summed E-state index contributed by atoms with van der Waals surface area (Å²) in [6, 6.07) is 20.1. The van der Waals surface area contributed by atoms with Crippen LogP contribution in [-0.4, -0.2) is 22.7 Å². The molecule has 0 saturated heterocycles. The molecular formula is C21H16N2O5S2. The summed E-state index contributed by atoms with van der Waals surface area (Å²) in [4.78, 5) is 11.2. The molecule has 0 aliphatic heterocycles. The van der Waals surface area contributed by atoms with E-state index in [0.717, 1.165) is 17.7 Å². The standard InChI is InChI=1S/C21H16N2O5S2/c22-29(25,26)19-8-4-5-9-20(19)30(27,28)23-21(24)18-14-12-17(13-15-18)11-10-16-6-2-1-3-7-16/h1-9,12-15H,(H,23,24)(H2,22,25,26)/i21+2. The molecule has 0 atom stereocenters. The minimum atomic E-state index is -4.46. The highest BCUT2D eigenvalue weighted by molar-refractivity contribution is 7.92. The Bertz CT molecular complexity index is 1350. The van der Waals surface area contributed by atoms with Crippen LogP contribution in [0.3, 0.4) is 0 Å². The van der Waals surface area contributed by atoms with E-state index >= 15 is 0 Å². The zero-order valence-electron chi connectivity index (χ0n) is 15.4. The summed E-state index contributed by atoms with van der Waals surface area (Å²) in [5.74, 6) is 5.00. The molecule has 3 N–H and O–H groups in total. The Labute approximate surface area is 174 Å². The summed E-state index contributed by atoms with van der Waals surface area (Å²) in [5, 5.41) is 5.07. The van der Waals surface area contributed by atoms with E-state index in [9.17, 15) is 21.6 Å². The van der Waals surface area contributed by atoms with Gasteiger partial charge in [0.15, 0.2) is 0 Å². The van der Waals surface area contributed by atoms with Gasteiger partial charge in [0, 0.05) is 16.7 Å². The quantitative estimate of drug-likeness (QED) is 0.597. The number of amides is 1. The summed E-state index contributed by atoms with van der Waals surface area (Å²) in [6.45, 7) is 0. The molecule has 3 aromatic rings. The van der Waals surface area contributed by atoms with Crippen molar-refractivity contribution in [3.8, 4) is 11.8 Å². The number of rotatable bonds is 4. The fourth-order valence-corrected chi connectivity index (χ4v) is 4.87. The van der Waals surface area contributed by atoms with Crippen molar-refractivity contribution in [2.45, 2.75) is 9.79 Å². The first-order valence-corrected chi connectivity index (χ1v) is 11.6. The van der Waals surface area contributed by atoms with Gasteiger partial charge < -0.3 is 0 Å². The molecule has 0 unspecified atom stereocenters. The number of hydrogen-bond acceptors (Lipinski definition) is 5. The van der Waals surface area contributed by atoms with Crippen molar-refractivity contribution in [2.24, 2.45) is 5.14 Å². The smallest absolute Gasteiger partial charge is 0.265 e. The summed E-state index contributed by atoms with van der Waals surface area (Å²) >= 11 is 0. The molecule has 7 nitrogen and oxygen atoms in total. The number of benzene rings is 3. The molecule has 30 heavy (non-hydrogen) atoms. The molecule has 9 heteroatoms. The third-order valence-corrected chi connectivity index (χ3v) is 6.43. The molecule has 0 heterocycles. The summed E-state index contributed by atoms with van der Waals surface area (Å²) in [7, 11) is -8.76. The van der Waals surface area contributed by atoms with Crippen LogP contribution >= 0.6 is 0 Å². The topological polar surface area (TPSA) is 123 Å². The van der Waals surface area contributed by atoms with Crippen LogP contribution in [0.2, 0.25) is 0 Å². The average molecular weight is 442 g/mol. The van der Waals surface area contributed by atoms with Gasteiger partial charge in [0.25, 0.3) is 15.9 Å². The van der Waals surface area contributed by atoms with Gasteiger partial charge in [-0.15, -0.1) is 0 Å². The van der Waals surface area contributed by atoms with Crippen LogP contribution in [0.1, 0.15) is 21.5 Å². The van der Waals surface area contributed by atoms with Gasteiger partial charge in [0.1, 0.15) is 9.79 Å². The van der Waals surface area contributed by atoms with Crippen molar-refractivity contribution < 1.29 is 21.6 Å². The van der Waals surface area contributed by atoms with Crippen molar-refractivity contribution >= 4 is 26.0 Å². The van der Waals surface area contributed by atoms with E-state index in [0.29, 0.717) is 5.56 Å².